The summed E-state index contributed by atoms with van der Waals surface area (Å²) in [4.78, 5) is 4.37. The molecule has 0 unspecified atom stereocenters. The fourth-order valence-corrected chi connectivity index (χ4v) is 4.49. The molecular weight excluding hydrogens is 272 g/mol. The number of hydrogen-bond acceptors (Lipinski definition) is 3. The maximum atomic E-state index is 11.3. The number of nitrogens with one attached hydrogen (secondary N) is 1. The van der Waals surface area contributed by atoms with Crippen molar-refractivity contribution in [3.8, 4) is 0 Å². The van der Waals surface area contributed by atoms with E-state index in [1.807, 2.05) is 12.3 Å². The van der Waals surface area contributed by atoms with Crippen molar-refractivity contribution in [1.82, 2.24) is 4.98 Å². The molecule has 0 saturated heterocycles. The Morgan fingerprint density at radius 3 is 2.95 bits per heavy atom. The highest BCUT2D eigenvalue weighted by molar-refractivity contribution is 5.82. The molecule has 2 aliphatic carbocycles. The van der Waals surface area contributed by atoms with Crippen molar-refractivity contribution in [3.63, 3.8) is 0 Å². The Balaban J connectivity index is 1.60. The Kier molecular flexibility index (Phi) is 3.53. The largest absolute Gasteiger partial charge is 0.387 e. The van der Waals surface area contributed by atoms with Gasteiger partial charge in [0.1, 0.15) is 0 Å². The molecule has 0 aliphatic heterocycles. The molecule has 2 fully saturated rings. The SMILES string of the molecule is O[C@]12CCCC[C@@H]1CCC[C@H]2Nc1ccc2ncccc2c1. The Hall–Kier alpha value is -1.61. The molecule has 2 aromatic rings. The van der Waals surface area contributed by atoms with Crippen LogP contribution < -0.4 is 5.32 Å². The summed E-state index contributed by atoms with van der Waals surface area (Å²) in [6.45, 7) is 0. The van der Waals surface area contributed by atoms with Crippen molar-refractivity contribution in [2.75, 3.05) is 5.32 Å². The molecule has 2 saturated carbocycles. The van der Waals surface area contributed by atoms with Gasteiger partial charge in [0, 0.05) is 17.3 Å². The Morgan fingerprint density at radius 1 is 1.09 bits per heavy atom. The summed E-state index contributed by atoms with van der Waals surface area (Å²) in [5.41, 5.74) is 1.61. The zero-order valence-electron chi connectivity index (χ0n) is 13.0. The van der Waals surface area contributed by atoms with Gasteiger partial charge in [-0.2, -0.15) is 0 Å². The van der Waals surface area contributed by atoms with Gasteiger partial charge < -0.3 is 10.4 Å². The third-order valence-electron chi connectivity index (χ3n) is 5.68. The van der Waals surface area contributed by atoms with Gasteiger partial charge in [-0.05, 0) is 55.9 Å². The lowest BCUT2D eigenvalue weighted by Gasteiger charge is -2.49. The minimum absolute atomic E-state index is 0.181. The van der Waals surface area contributed by atoms with Crippen LogP contribution in [-0.2, 0) is 0 Å². The molecule has 3 atom stereocenters. The third kappa shape index (κ3) is 2.38. The highest BCUT2D eigenvalue weighted by Gasteiger charge is 2.47. The molecule has 3 nitrogen and oxygen atoms in total. The summed E-state index contributed by atoms with van der Waals surface area (Å²) >= 11 is 0. The van der Waals surface area contributed by atoms with Gasteiger partial charge in [-0.25, -0.2) is 0 Å². The molecule has 1 aromatic carbocycles. The second-order valence-corrected chi connectivity index (χ2v) is 6.97. The molecular formula is C19H24N2O. The van der Waals surface area contributed by atoms with E-state index in [1.54, 1.807) is 0 Å². The second kappa shape index (κ2) is 5.54. The fourth-order valence-electron chi connectivity index (χ4n) is 4.49. The minimum atomic E-state index is -0.513. The van der Waals surface area contributed by atoms with E-state index in [1.165, 1.54) is 25.7 Å². The van der Waals surface area contributed by atoms with E-state index in [0.717, 1.165) is 35.9 Å². The van der Waals surface area contributed by atoms with Crippen molar-refractivity contribution in [1.29, 1.82) is 0 Å². The number of aliphatic hydroxyl groups is 1. The number of nitrogens with zero attached hydrogens (tertiary/aromatic N) is 1. The number of fused-ring (bicyclic) bond motifs is 2. The third-order valence-corrected chi connectivity index (χ3v) is 5.68. The molecule has 1 aromatic heterocycles. The Bertz CT molecular complexity index is 669. The first-order valence-electron chi connectivity index (χ1n) is 8.59. The van der Waals surface area contributed by atoms with Crippen molar-refractivity contribution >= 4 is 16.6 Å². The van der Waals surface area contributed by atoms with Crippen LogP contribution >= 0.6 is 0 Å². The molecule has 116 valence electrons. The van der Waals surface area contributed by atoms with E-state index < -0.39 is 5.60 Å². The quantitative estimate of drug-likeness (QED) is 0.876. The van der Waals surface area contributed by atoms with Crippen LogP contribution in [0.25, 0.3) is 10.9 Å². The van der Waals surface area contributed by atoms with Crippen molar-refractivity contribution < 1.29 is 5.11 Å². The van der Waals surface area contributed by atoms with Crippen molar-refractivity contribution in [2.24, 2.45) is 5.92 Å². The molecule has 3 heteroatoms. The molecule has 1 heterocycles. The average Bonchev–Trinajstić information content (AvgIpc) is 2.55. The molecule has 4 rings (SSSR count). The first kappa shape index (κ1) is 14.0. The highest BCUT2D eigenvalue weighted by atomic mass is 16.3. The van der Waals surface area contributed by atoms with E-state index >= 15 is 0 Å². The summed E-state index contributed by atoms with van der Waals surface area (Å²) in [5.74, 6) is 0.481. The Morgan fingerprint density at radius 2 is 2.00 bits per heavy atom. The molecule has 0 spiro atoms. The van der Waals surface area contributed by atoms with Gasteiger partial charge in [-0.15, -0.1) is 0 Å². The lowest BCUT2D eigenvalue weighted by Crippen LogP contribution is -2.56. The summed E-state index contributed by atoms with van der Waals surface area (Å²) in [7, 11) is 0. The van der Waals surface area contributed by atoms with Crippen LogP contribution in [0.3, 0.4) is 0 Å². The van der Waals surface area contributed by atoms with Gasteiger partial charge in [0.2, 0.25) is 0 Å². The predicted molar refractivity (Wildman–Crippen MR) is 89.9 cm³/mol. The summed E-state index contributed by atoms with van der Waals surface area (Å²) in [6, 6.07) is 10.5. The normalized spacial score (nSPS) is 31.7. The van der Waals surface area contributed by atoms with E-state index in [-0.39, 0.29) is 6.04 Å². The number of anilines is 1. The first-order valence-corrected chi connectivity index (χ1v) is 8.59. The number of pyridine rings is 1. The molecule has 2 N–H and O–H groups in total. The Labute approximate surface area is 131 Å². The summed E-state index contributed by atoms with van der Waals surface area (Å²) in [5, 5.41) is 16.0. The zero-order valence-corrected chi connectivity index (χ0v) is 13.0. The zero-order chi connectivity index (χ0) is 15.0. The number of benzene rings is 1. The van der Waals surface area contributed by atoms with Gasteiger partial charge in [0.05, 0.1) is 17.2 Å². The van der Waals surface area contributed by atoms with Crippen LogP contribution in [0.1, 0.15) is 44.9 Å². The topological polar surface area (TPSA) is 45.1 Å². The van der Waals surface area contributed by atoms with E-state index in [0.29, 0.717) is 5.92 Å². The smallest absolute Gasteiger partial charge is 0.0875 e. The van der Waals surface area contributed by atoms with Gasteiger partial charge >= 0.3 is 0 Å². The van der Waals surface area contributed by atoms with Crippen LogP contribution in [0.15, 0.2) is 36.5 Å². The highest BCUT2D eigenvalue weighted by Crippen LogP contribution is 2.44. The second-order valence-electron chi connectivity index (χ2n) is 6.97. The van der Waals surface area contributed by atoms with Gasteiger partial charge in [0.25, 0.3) is 0 Å². The fraction of sp³-hybridized carbons (Fsp3) is 0.526. The molecule has 22 heavy (non-hydrogen) atoms. The van der Waals surface area contributed by atoms with Gasteiger partial charge in [0.15, 0.2) is 0 Å². The van der Waals surface area contributed by atoms with Crippen LogP contribution in [-0.4, -0.2) is 21.7 Å². The summed E-state index contributed by atoms with van der Waals surface area (Å²) < 4.78 is 0. The minimum Gasteiger partial charge on any atom is -0.387 e. The standard InChI is InChI=1S/C19H24N2O/c22-19-11-2-1-6-15(19)7-3-8-18(19)21-16-9-10-17-14(13-16)5-4-12-20-17/h4-5,9-10,12-13,15,18,21-22H,1-3,6-8,11H2/t15-,18-,19-/m1/s1. The van der Waals surface area contributed by atoms with Gasteiger partial charge in [-0.3, -0.25) is 4.98 Å². The van der Waals surface area contributed by atoms with Crippen molar-refractivity contribution in [2.45, 2.75) is 56.6 Å². The van der Waals surface area contributed by atoms with E-state index in [2.05, 4.69) is 34.6 Å². The lowest BCUT2D eigenvalue weighted by molar-refractivity contribution is -0.0835. The number of rotatable bonds is 2. The predicted octanol–water partition coefficient (Wildman–Crippen LogP) is 4.12. The first-order chi connectivity index (χ1) is 10.8. The van der Waals surface area contributed by atoms with Crippen LogP contribution in [0.2, 0.25) is 0 Å². The lowest BCUT2D eigenvalue weighted by atomic mass is 9.65. The average molecular weight is 296 g/mol. The number of aromatic nitrogens is 1. The maximum absolute atomic E-state index is 11.3. The monoisotopic (exact) mass is 296 g/mol. The molecule has 0 bridgehead atoms. The maximum Gasteiger partial charge on any atom is 0.0875 e. The molecule has 0 radical (unpaired) electrons. The molecule has 0 amide bonds. The molecule has 2 aliphatic rings. The van der Waals surface area contributed by atoms with Crippen LogP contribution in [0.5, 0.6) is 0 Å². The van der Waals surface area contributed by atoms with Crippen molar-refractivity contribution in [3.05, 3.63) is 36.5 Å². The summed E-state index contributed by atoms with van der Waals surface area (Å²) in [6.07, 6.45) is 9.88. The van der Waals surface area contributed by atoms with Gasteiger partial charge in [-0.1, -0.05) is 25.3 Å². The van der Waals surface area contributed by atoms with E-state index in [4.69, 9.17) is 0 Å². The van der Waals surface area contributed by atoms with Crippen LogP contribution in [0.4, 0.5) is 5.69 Å². The number of hydrogen-bond donors (Lipinski definition) is 2. The van der Waals surface area contributed by atoms with E-state index in [9.17, 15) is 5.11 Å². The van der Waals surface area contributed by atoms with Crippen LogP contribution in [0, 0.1) is 5.92 Å².